The predicted octanol–water partition coefficient (Wildman–Crippen LogP) is 2.06. The first kappa shape index (κ1) is 14.7. The number of carbonyl (C=O) groups excluding carboxylic acids is 1. The van der Waals surface area contributed by atoms with Crippen LogP contribution in [0.5, 0.6) is 5.75 Å². The van der Waals surface area contributed by atoms with Crippen LogP contribution in [0.15, 0.2) is 24.3 Å². The summed E-state index contributed by atoms with van der Waals surface area (Å²) in [4.78, 5) is 11.6. The Morgan fingerprint density at radius 3 is 2.80 bits per heavy atom. The van der Waals surface area contributed by atoms with E-state index in [0.29, 0.717) is 19.2 Å². The molecule has 1 atom stereocenters. The number of nitrogens with one attached hydrogen (secondary N) is 2. The maximum atomic E-state index is 11.6. The van der Waals surface area contributed by atoms with Crippen molar-refractivity contribution in [3.63, 3.8) is 0 Å². The zero-order valence-corrected chi connectivity index (χ0v) is 11.9. The van der Waals surface area contributed by atoms with Crippen LogP contribution in [0, 0.1) is 0 Å². The van der Waals surface area contributed by atoms with Crippen LogP contribution in [0.1, 0.15) is 24.8 Å². The molecule has 2 N–H and O–H groups in total. The maximum absolute atomic E-state index is 11.6. The van der Waals surface area contributed by atoms with Gasteiger partial charge in [0.2, 0.25) is 0 Å². The number of methoxy groups -OCH3 is 1. The standard InChI is InChI=1S/C15H22N2O3/c1-19-13-6-4-12(5-7-13)11-17-15(18)16-9-8-14-3-2-10-20-14/h4-7,14H,2-3,8-11H2,1H3,(H2,16,17,18)/t14-/m1/s1. The van der Waals surface area contributed by atoms with Crippen molar-refractivity contribution in [2.75, 3.05) is 20.3 Å². The number of carbonyl (C=O) groups is 1. The van der Waals surface area contributed by atoms with Gasteiger partial charge in [-0.05, 0) is 37.0 Å². The Morgan fingerprint density at radius 1 is 1.35 bits per heavy atom. The lowest BCUT2D eigenvalue weighted by Crippen LogP contribution is -2.36. The minimum Gasteiger partial charge on any atom is -0.497 e. The lowest BCUT2D eigenvalue weighted by atomic mass is 10.2. The summed E-state index contributed by atoms with van der Waals surface area (Å²) < 4.78 is 10.6. The number of amides is 2. The third-order valence-electron chi connectivity index (χ3n) is 3.39. The van der Waals surface area contributed by atoms with Gasteiger partial charge in [-0.2, -0.15) is 0 Å². The number of ether oxygens (including phenoxy) is 2. The van der Waals surface area contributed by atoms with Gasteiger partial charge in [-0.3, -0.25) is 0 Å². The van der Waals surface area contributed by atoms with Crippen molar-refractivity contribution in [1.82, 2.24) is 10.6 Å². The average molecular weight is 278 g/mol. The highest BCUT2D eigenvalue weighted by Gasteiger charge is 2.14. The molecular formula is C15H22N2O3. The summed E-state index contributed by atoms with van der Waals surface area (Å²) in [6.45, 7) is 2.02. The number of urea groups is 1. The van der Waals surface area contributed by atoms with Crippen molar-refractivity contribution in [3.8, 4) is 5.75 Å². The van der Waals surface area contributed by atoms with Crippen molar-refractivity contribution in [2.24, 2.45) is 0 Å². The first-order chi connectivity index (χ1) is 9.78. The van der Waals surface area contributed by atoms with E-state index >= 15 is 0 Å². The van der Waals surface area contributed by atoms with E-state index in [1.165, 1.54) is 0 Å². The average Bonchev–Trinajstić information content (AvgIpc) is 2.99. The molecule has 1 aliphatic heterocycles. The largest absolute Gasteiger partial charge is 0.497 e. The fraction of sp³-hybridized carbons (Fsp3) is 0.533. The Morgan fingerprint density at radius 2 is 2.15 bits per heavy atom. The van der Waals surface area contributed by atoms with Gasteiger partial charge in [-0.25, -0.2) is 4.79 Å². The van der Waals surface area contributed by atoms with Crippen molar-refractivity contribution in [2.45, 2.75) is 31.9 Å². The van der Waals surface area contributed by atoms with Crippen LogP contribution in [-0.2, 0) is 11.3 Å². The zero-order chi connectivity index (χ0) is 14.2. The number of hydrogen-bond donors (Lipinski definition) is 2. The monoisotopic (exact) mass is 278 g/mol. The number of benzene rings is 1. The second kappa shape index (κ2) is 7.75. The summed E-state index contributed by atoms with van der Waals surface area (Å²) in [6, 6.07) is 7.49. The smallest absolute Gasteiger partial charge is 0.315 e. The van der Waals surface area contributed by atoms with E-state index in [1.54, 1.807) is 7.11 Å². The van der Waals surface area contributed by atoms with Crippen molar-refractivity contribution in [3.05, 3.63) is 29.8 Å². The van der Waals surface area contributed by atoms with Crippen LogP contribution in [0.2, 0.25) is 0 Å². The van der Waals surface area contributed by atoms with E-state index in [9.17, 15) is 4.79 Å². The Balaban J connectivity index is 1.61. The Hall–Kier alpha value is -1.75. The topological polar surface area (TPSA) is 59.6 Å². The van der Waals surface area contributed by atoms with Crippen LogP contribution < -0.4 is 15.4 Å². The normalized spacial score (nSPS) is 17.8. The highest BCUT2D eigenvalue weighted by Crippen LogP contribution is 2.14. The molecule has 0 spiro atoms. The third-order valence-corrected chi connectivity index (χ3v) is 3.39. The summed E-state index contributed by atoms with van der Waals surface area (Å²) >= 11 is 0. The molecular weight excluding hydrogens is 256 g/mol. The fourth-order valence-corrected chi connectivity index (χ4v) is 2.21. The molecule has 1 heterocycles. The molecule has 20 heavy (non-hydrogen) atoms. The number of rotatable bonds is 6. The molecule has 2 amide bonds. The zero-order valence-electron chi connectivity index (χ0n) is 11.9. The van der Waals surface area contributed by atoms with Gasteiger partial charge in [0.25, 0.3) is 0 Å². The minimum atomic E-state index is -0.140. The number of hydrogen-bond acceptors (Lipinski definition) is 3. The highest BCUT2D eigenvalue weighted by molar-refractivity contribution is 5.73. The van der Waals surface area contributed by atoms with E-state index in [-0.39, 0.29) is 6.03 Å². The molecule has 1 aromatic rings. The molecule has 0 aliphatic carbocycles. The molecule has 110 valence electrons. The van der Waals surface area contributed by atoms with Gasteiger partial charge in [0.15, 0.2) is 0 Å². The van der Waals surface area contributed by atoms with Crippen molar-refractivity contribution in [1.29, 1.82) is 0 Å². The van der Waals surface area contributed by atoms with Crippen LogP contribution >= 0.6 is 0 Å². The van der Waals surface area contributed by atoms with Crippen molar-refractivity contribution >= 4 is 6.03 Å². The Bertz CT molecular complexity index is 414. The van der Waals surface area contributed by atoms with Crippen LogP contribution in [0.25, 0.3) is 0 Å². The SMILES string of the molecule is COc1ccc(CNC(=O)NCC[C@H]2CCCO2)cc1. The second-order valence-corrected chi connectivity index (χ2v) is 4.88. The van der Waals surface area contributed by atoms with Gasteiger partial charge in [0.1, 0.15) is 5.75 Å². The quantitative estimate of drug-likeness (QED) is 0.837. The van der Waals surface area contributed by atoms with E-state index in [2.05, 4.69) is 10.6 Å². The van der Waals surface area contributed by atoms with Crippen LogP contribution in [-0.4, -0.2) is 32.4 Å². The van der Waals surface area contributed by atoms with Crippen LogP contribution in [0.3, 0.4) is 0 Å². The molecule has 1 aromatic carbocycles. The minimum absolute atomic E-state index is 0.140. The molecule has 0 bridgehead atoms. The fourth-order valence-electron chi connectivity index (χ4n) is 2.21. The Labute approximate surface area is 119 Å². The maximum Gasteiger partial charge on any atom is 0.315 e. The molecule has 1 aliphatic rings. The summed E-state index contributed by atoms with van der Waals surface area (Å²) in [5.74, 6) is 0.815. The lowest BCUT2D eigenvalue weighted by molar-refractivity contribution is 0.104. The van der Waals surface area contributed by atoms with Crippen LogP contribution in [0.4, 0.5) is 4.79 Å². The molecule has 0 unspecified atom stereocenters. The first-order valence-corrected chi connectivity index (χ1v) is 7.04. The third kappa shape index (κ3) is 4.74. The summed E-state index contributed by atoms with van der Waals surface area (Å²) in [5, 5.41) is 5.68. The van der Waals surface area contributed by atoms with Gasteiger partial charge >= 0.3 is 6.03 Å². The second-order valence-electron chi connectivity index (χ2n) is 4.88. The Kier molecular flexibility index (Phi) is 5.68. The van der Waals surface area contributed by atoms with E-state index in [0.717, 1.165) is 37.2 Å². The van der Waals surface area contributed by atoms with E-state index in [1.807, 2.05) is 24.3 Å². The molecule has 2 rings (SSSR count). The molecule has 0 aromatic heterocycles. The molecule has 5 nitrogen and oxygen atoms in total. The molecule has 1 saturated heterocycles. The predicted molar refractivity (Wildman–Crippen MR) is 76.8 cm³/mol. The van der Waals surface area contributed by atoms with Crippen molar-refractivity contribution < 1.29 is 14.3 Å². The lowest BCUT2D eigenvalue weighted by Gasteiger charge is -2.11. The molecule has 0 radical (unpaired) electrons. The molecule has 0 saturated carbocycles. The van der Waals surface area contributed by atoms with Gasteiger partial charge in [-0.1, -0.05) is 12.1 Å². The van der Waals surface area contributed by atoms with E-state index in [4.69, 9.17) is 9.47 Å². The summed E-state index contributed by atoms with van der Waals surface area (Å²) in [7, 11) is 1.63. The highest BCUT2D eigenvalue weighted by atomic mass is 16.5. The summed E-state index contributed by atoms with van der Waals surface area (Å²) in [5.41, 5.74) is 1.04. The van der Waals surface area contributed by atoms with Gasteiger partial charge < -0.3 is 20.1 Å². The van der Waals surface area contributed by atoms with E-state index < -0.39 is 0 Å². The first-order valence-electron chi connectivity index (χ1n) is 7.04. The van der Waals surface area contributed by atoms with Gasteiger partial charge in [0.05, 0.1) is 13.2 Å². The van der Waals surface area contributed by atoms with Gasteiger partial charge in [-0.15, -0.1) is 0 Å². The molecule has 1 fully saturated rings. The summed E-state index contributed by atoms with van der Waals surface area (Å²) in [6.07, 6.45) is 3.44. The molecule has 5 heteroatoms. The van der Waals surface area contributed by atoms with Gasteiger partial charge in [0, 0.05) is 19.7 Å².